The van der Waals surface area contributed by atoms with E-state index in [0.717, 1.165) is 34.0 Å². The smallest absolute Gasteiger partial charge is 0.220 e. The van der Waals surface area contributed by atoms with E-state index in [0.29, 0.717) is 19.4 Å². The van der Waals surface area contributed by atoms with Crippen LogP contribution in [0.15, 0.2) is 48.8 Å². The van der Waals surface area contributed by atoms with Crippen LogP contribution in [0.3, 0.4) is 0 Å². The van der Waals surface area contributed by atoms with Gasteiger partial charge in [-0.1, -0.05) is 6.07 Å². The maximum Gasteiger partial charge on any atom is 0.220 e. The highest BCUT2D eigenvalue weighted by Crippen LogP contribution is 2.22. The molecule has 0 aliphatic carbocycles. The highest BCUT2D eigenvalue weighted by Gasteiger charge is 2.14. The largest absolute Gasteiger partial charge is 0.497 e. The van der Waals surface area contributed by atoms with E-state index in [9.17, 15) is 4.79 Å². The van der Waals surface area contributed by atoms with Crippen LogP contribution in [-0.4, -0.2) is 27.8 Å². The van der Waals surface area contributed by atoms with Crippen LogP contribution in [0.25, 0.3) is 5.69 Å². The van der Waals surface area contributed by atoms with E-state index in [1.807, 2.05) is 54.9 Å². The first-order valence-electron chi connectivity index (χ1n) is 8.93. The van der Waals surface area contributed by atoms with Crippen LogP contribution < -0.4 is 10.1 Å². The summed E-state index contributed by atoms with van der Waals surface area (Å²) in [6, 6.07) is 11.6. The highest BCUT2D eigenvalue weighted by atomic mass is 16.5. The average molecular weight is 364 g/mol. The molecule has 0 spiro atoms. The molecule has 1 amide bonds. The molecule has 0 fully saturated rings. The molecule has 0 saturated heterocycles. The van der Waals surface area contributed by atoms with Gasteiger partial charge in [0.05, 0.1) is 18.5 Å². The number of carbonyl (C=O) groups is 1. The second kappa shape index (κ2) is 8.49. The lowest BCUT2D eigenvalue weighted by molar-refractivity contribution is -0.121. The van der Waals surface area contributed by atoms with E-state index in [-0.39, 0.29) is 5.91 Å². The molecule has 0 bridgehead atoms. The number of aromatic nitrogens is 3. The topological polar surface area (TPSA) is 69.0 Å². The van der Waals surface area contributed by atoms with Gasteiger partial charge in [-0.3, -0.25) is 9.78 Å². The van der Waals surface area contributed by atoms with Gasteiger partial charge in [-0.2, -0.15) is 5.10 Å². The first-order valence-corrected chi connectivity index (χ1v) is 8.93. The molecule has 0 radical (unpaired) electrons. The Balaban J connectivity index is 1.65. The number of nitrogens with one attached hydrogen (secondary N) is 1. The summed E-state index contributed by atoms with van der Waals surface area (Å²) in [7, 11) is 1.65. The van der Waals surface area contributed by atoms with Gasteiger partial charge < -0.3 is 10.1 Å². The molecule has 3 aromatic rings. The number of ether oxygens (including phenoxy) is 1. The van der Waals surface area contributed by atoms with Crippen LogP contribution in [0.2, 0.25) is 0 Å². The van der Waals surface area contributed by atoms with Crippen molar-refractivity contribution in [3.05, 3.63) is 71.3 Å². The SMILES string of the molecule is COc1cccc(-n2nc(C)c(CCC(=O)NCc3ccncc3)c2C)c1. The number of hydrogen-bond acceptors (Lipinski definition) is 4. The van der Waals surface area contributed by atoms with Crippen molar-refractivity contribution in [2.75, 3.05) is 7.11 Å². The minimum atomic E-state index is 0.0275. The minimum Gasteiger partial charge on any atom is -0.497 e. The van der Waals surface area contributed by atoms with Crippen LogP contribution >= 0.6 is 0 Å². The fourth-order valence-electron chi connectivity index (χ4n) is 3.06. The number of carbonyl (C=O) groups excluding carboxylic acids is 1. The molecule has 3 rings (SSSR count). The van der Waals surface area contributed by atoms with Gasteiger partial charge in [-0.05, 0) is 55.7 Å². The van der Waals surface area contributed by atoms with Crippen LogP contribution in [0, 0.1) is 13.8 Å². The van der Waals surface area contributed by atoms with E-state index in [4.69, 9.17) is 4.74 Å². The highest BCUT2D eigenvalue weighted by molar-refractivity contribution is 5.76. The third-order valence-corrected chi connectivity index (χ3v) is 4.58. The number of pyridine rings is 1. The fraction of sp³-hybridized carbons (Fsp3) is 0.286. The Morgan fingerprint density at radius 2 is 1.96 bits per heavy atom. The van der Waals surface area contributed by atoms with Gasteiger partial charge in [0.15, 0.2) is 0 Å². The Morgan fingerprint density at radius 1 is 1.19 bits per heavy atom. The van der Waals surface area contributed by atoms with Gasteiger partial charge in [0.25, 0.3) is 0 Å². The summed E-state index contributed by atoms with van der Waals surface area (Å²) in [6.07, 6.45) is 4.53. The molecule has 27 heavy (non-hydrogen) atoms. The predicted molar refractivity (Wildman–Crippen MR) is 104 cm³/mol. The molecule has 140 valence electrons. The molecule has 0 aliphatic heterocycles. The lowest BCUT2D eigenvalue weighted by atomic mass is 10.1. The van der Waals surface area contributed by atoms with Crippen molar-refractivity contribution in [2.45, 2.75) is 33.2 Å². The van der Waals surface area contributed by atoms with Crippen molar-refractivity contribution in [2.24, 2.45) is 0 Å². The average Bonchev–Trinajstić information content (AvgIpc) is 2.99. The van der Waals surface area contributed by atoms with E-state index >= 15 is 0 Å². The molecule has 0 aliphatic rings. The number of aryl methyl sites for hydroxylation is 1. The zero-order chi connectivity index (χ0) is 19.2. The van der Waals surface area contributed by atoms with Crippen molar-refractivity contribution in [3.8, 4) is 11.4 Å². The maximum atomic E-state index is 12.2. The molecule has 2 aromatic heterocycles. The van der Waals surface area contributed by atoms with Crippen molar-refractivity contribution in [3.63, 3.8) is 0 Å². The zero-order valence-electron chi connectivity index (χ0n) is 15.9. The standard InChI is InChI=1S/C21H24N4O2/c1-15-20(7-8-21(26)23-14-17-9-11-22-12-10-17)16(2)25(24-15)18-5-4-6-19(13-18)27-3/h4-6,9-13H,7-8,14H2,1-3H3,(H,23,26). The lowest BCUT2D eigenvalue weighted by Crippen LogP contribution is -2.23. The molecule has 0 saturated carbocycles. The summed E-state index contributed by atoms with van der Waals surface area (Å²) < 4.78 is 7.20. The number of benzene rings is 1. The normalized spacial score (nSPS) is 10.6. The molecular weight excluding hydrogens is 340 g/mol. The molecular formula is C21H24N4O2. The van der Waals surface area contributed by atoms with Gasteiger partial charge in [0.1, 0.15) is 5.75 Å². The third-order valence-electron chi connectivity index (χ3n) is 4.58. The fourth-order valence-corrected chi connectivity index (χ4v) is 3.06. The number of nitrogens with zero attached hydrogens (tertiary/aromatic N) is 3. The lowest BCUT2D eigenvalue weighted by Gasteiger charge is -2.08. The van der Waals surface area contributed by atoms with Crippen LogP contribution in [-0.2, 0) is 17.8 Å². The second-order valence-corrected chi connectivity index (χ2v) is 6.39. The Labute approximate surface area is 159 Å². The van der Waals surface area contributed by atoms with Gasteiger partial charge >= 0.3 is 0 Å². The van der Waals surface area contributed by atoms with E-state index in [1.54, 1.807) is 19.5 Å². The molecule has 1 N–H and O–H groups in total. The van der Waals surface area contributed by atoms with E-state index in [1.165, 1.54) is 0 Å². The number of methoxy groups -OCH3 is 1. The van der Waals surface area contributed by atoms with E-state index in [2.05, 4.69) is 15.4 Å². The number of rotatable bonds is 7. The first-order chi connectivity index (χ1) is 13.1. The van der Waals surface area contributed by atoms with Gasteiger partial charge in [-0.25, -0.2) is 4.68 Å². The van der Waals surface area contributed by atoms with Gasteiger partial charge in [0, 0.05) is 37.1 Å². The monoisotopic (exact) mass is 364 g/mol. The third kappa shape index (κ3) is 4.53. The molecule has 2 heterocycles. The summed E-state index contributed by atoms with van der Waals surface area (Å²) in [6.45, 7) is 4.53. The molecule has 6 nitrogen and oxygen atoms in total. The van der Waals surface area contributed by atoms with Crippen molar-refractivity contribution in [1.82, 2.24) is 20.1 Å². The predicted octanol–water partition coefficient (Wildman–Crippen LogP) is 3.14. The van der Waals surface area contributed by atoms with E-state index < -0.39 is 0 Å². The second-order valence-electron chi connectivity index (χ2n) is 6.39. The summed E-state index contributed by atoms with van der Waals surface area (Å²) in [5, 5.41) is 7.60. The van der Waals surface area contributed by atoms with Crippen LogP contribution in [0.4, 0.5) is 0 Å². The minimum absolute atomic E-state index is 0.0275. The van der Waals surface area contributed by atoms with Crippen LogP contribution in [0.5, 0.6) is 5.75 Å². The Hall–Kier alpha value is -3.15. The molecule has 6 heteroatoms. The van der Waals surface area contributed by atoms with Gasteiger partial charge in [-0.15, -0.1) is 0 Å². The first kappa shape index (κ1) is 18.6. The van der Waals surface area contributed by atoms with Gasteiger partial charge in [0.2, 0.25) is 5.91 Å². The van der Waals surface area contributed by atoms with Crippen molar-refractivity contribution in [1.29, 1.82) is 0 Å². The van der Waals surface area contributed by atoms with Crippen LogP contribution in [0.1, 0.15) is 28.9 Å². The van der Waals surface area contributed by atoms with Crippen molar-refractivity contribution >= 4 is 5.91 Å². The summed E-state index contributed by atoms with van der Waals surface area (Å²) >= 11 is 0. The Morgan fingerprint density at radius 3 is 2.70 bits per heavy atom. The molecule has 0 unspecified atom stereocenters. The Kier molecular flexibility index (Phi) is 5.86. The summed E-state index contributed by atoms with van der Waals surface area (Å²) in [4.78, 5) is 16.2. The number of hydrogen-bond donors (Lipinski definition) is 1. The zero-order valence-corrected chi connectivity index (χ0v) is 15.9. The quantitative estimate of drug-likeness (QED) is 0.699. The summed E-state index contributed by atoms with van der Waals surface area (Å²) in [5.74, 6) is 0.817. The van der Waals surface area contributed by atoms with Crippen molar-refractivity contribution < 1.29 is 9.53 Å². The number of amides is 1. The molecule has 1 aromatic carbocycles. The maximum absolute atomic E-state index is 12.2. The molecule has 0 atom stereocenters. The Bertz CT molecular complexity index is 919. The summed E-state index contributed by atoms with van der Waals surface area (Å²) in [5.41, 5.74) is 5.08.